The van der Waals surface area contributed by atoms with Crippen molar-refractivity contribution in [2.24, 2.45) is 5.92 Å². The predicted octanol–water partition coefficient (Wildman–Crippen LogP) is 1.56. The Morgan fingerprint density at radius 1 is 1.45 bits per heavy atom. The lowest BCUT2D eigenvalue weighted by Gasteiger charge is -2.16. The van der Waals surface area contributed by atoms with Gasteiger partial charge in [0.1, 0.15) is 4.21 Å². The van der Waals surface area contributed by atoms with E-state index in [0.717, 1.165) is 24.3 Å². The van der Waals surface area contributed by atoms with Crippen molar-refractivity contribution < 1.29 is 13.2 Å². The van der Waals surface area contributed by atoms with E-state index in [2.05, 4.69) is 17.0 Å². The summed E-state index contributed by atoms with van der Waals surface area (Å²) < 4.78 is 33.2. The molecule has 0 spiro atoms. The standard InChI is InChI=1S/C13H22N2O3S2/c1-3-12-10(6-7-18-12)8-15-20(16,17)13-5-4-11(19-13)9-14-2/h4-5,10,12,14-15H,3,6-9H2,1-2H3. The Kier molecular flexibility index (Phi) is 5.57. The molecule has 1 aliphatic heterocycles. The molecule has 1 aliphatic rings. The lowest BCUT2D eigenvalue weighted by atomic mass is 10.0. The lowest BCUT2D eigenvalue weighted by molar-refractivity contribution is 0.0884. The zero-order valence-corrected chi connectivity index (χ0v) is 13.5. The highest BCUT2D eigenvalue weighted by Gasteiger charge is 2.28. The van der Waals surface area contributed by atoms with Crippen LogP contribution in [-0.4, -0.2) is 34.7 Å². The van der Waals surface area contributed by atoms with Gasteiger partial charge in [-0.3, -0.25) is 0 Å². The second kappa shape index (κ2) is 7.00. The molecule has 0 aliphatic carbocycles. The Morgan fingerprint density at radius 3 is 2.95 bits per heavy atom. The first-order chi connectivity index (χ1) is 9.56. The van der Waals surface area contributed by atoms with Gasteiger partial charge in [-0.15, -0.1) is 11.3 Å². The Balaban J connectivity index is 1.96. The van der Waals surface area contributed by atoms with Gasteiger partial charge in [-0.05, 0) is 32.0 Å². The number of sulfonamides is 1. The first-order valence-electron chi connectivity index (χ1n) is 6.91. The third kappa shape index (κ3) is 3.79. The second-order valence-electron chi connectivity index (χ2n) is 4.97. The van der Waals surface area contributed by atoms with E-state index in [1.165, 1.54) is 11.3 Å². The Hall–Kier alpha value is -0.470. The summed E-state index contributed by atoms with van der Waals surface area (Å²) in [6.07, 6.45) is 2.04. The zero-order valence-electron chi connectivity index (χ0n) is 11.9. The van der Waals surface area contributed by atoms with Crippen LogP contribution in [-0.2, 0) is 21.3 Å². The van der Waals surface area contributed by atoms with E-state index in [1.807, 2.05) is 13.1 Å². The number of nitrogens with one attached hydrogen (secondary N) is 2. The highest BCUT2D eigenvalue weighted by atomic mass is 32.2. The maximum absolute atomic E-state index is 12.2. The summed E-state index contributed by atoms with van der Waals surface area (Å²) in [6.45, 7) is 3.95. The number of ether oxygens (including phenoxy) is 1. The van der Waals surface area contributed by atoms with Crippen molar-refractivity contribution in [1.29, 1.82) is 0 Å². The first kappa shape index (κ1) is 15.9. The quantitative estimate of drug-likeness (QED) is 0.801. The summed E-state index contributed by atoms with van der Waals surface area (Å²) in [5.74, 6) is 0.284. The van der Waals surface area contributed by atoms with Crippen molar-refractivity contribution in [2.75, 3.05) is 20.2 Å². The van der Waals surface area contributed by atoms with Crippen LogP contribution in [0.2, 0.25) is 0 Å². The third-order valence-corrected chi connectivity index (χ3v) is 6.54. The maximum Gasteiger partial charge on any atom is 0.250 e. The molecule has 1 saturated heterocycles. The SMILES string of the molecule is CCC1OCCC1CNS(=O)(=O)c1ccc(CNC)s1. The van der Waals surface area contributed by atoms with E-state index in [0.29, 0.717) is 17.3 Å². The van der Waals surface area contributed by atoms with Gasteiger partial charge in [0.25, 0.3) is 0 Å². The zero-order chi connectivity index (χ0) is 14.6. The van der Waals surface area contributed by atoms with Gasteiger partial charge in [-0.25, -0.2) is 13.1 Å². The molecule has 2 heterocycles. The fourth-order valence-electron chi connectivity index (χ4n) is 2.44. The van der Waals surface area contributed by atoms with E-state index in [9.17, 15) is 8.42 Å². The molecule has 0 amide bonds. The van der Waals surface area contributed by atoms with Crippen molar-refractivity contribution in [3.05, 3.63) is 17.0 Å². The fourth-order valence-corrected chi connectivity index (χ4v) is 4.94. The summed E-state index contributed by atoms with van der Waals surface area (Å²) in [5, 5.41) is 3.02. The van der Waals surface area contributed by atoms with Crippen LogP contribution in [0.4, 0.5) is 0 Å². The summed E-state index contributed by atoms with van der Waals surface area (Å²) in [6, 6.07) is 3.52. The maximum atomic E-state index is 12.2. The van der Waals surface area contributed by atoms with Crippen molar-refractivity contribution in [2.45, 2.75) is 36.6 Å². The van der Waals surface area contributed by atoms with Crippen molar-refractivity contribution >= 4 is 21.4 Å². The molecule has 7 heteroatoms. The molecule has 20 heavy (non-hydrogen) atoms. The summed E-state index contributed by atoms with van der Waals surface area (Å²) >= 11 is 1.31. The normalized spacial score (nSPS) is 23.3. The summed E-state index contributed by atoms with van der Waals surface area (Å²) in [7, 11) is -1.55. The van der Waals surface area contributed by atoms with Gasteiger partial charge in [0, 0.05) is 30.5 Å². The molecule has 1 fully saturated rings. The van der Waals surface area contributed by atoms with Crippen LogP contribution < -0.4 is 10.0 Å². The first-order valence-corrected chi connectivity index (χ1v) is 9.21. The number of rotatable bonds is 7. The van der Waals surface area contributed by atoms with Crippen LogP contribution in [0.5, 0.6) is 0 Å². The predicted molar refractivity (Wildman–Crippen MR) is 80.4 cm³/mol. The molecule has 2 rings (SSSR count). The summed E-state index contributed by atoms with van der Waals surface area (Å²) in [5.41, 5.74) is 0. The molecule has 1 aromatic heterocycles. The topological polar surface area (TPSA) is 67.4 Å². The molecule has 0 radical (unpaired) electrons. The van der Waals surface area contributed by atoms with Crippen molar-refractivity contribution in [3.63, 3.8) is 0 Å². The van der Waals surface area contributed by atoms with Crippen molar-refractivity contribution in [3.8, 4) is 0 Å². The van der Waals surface area contributed by atoms with Crippen LogP contribution in [0, 0.1) is 5.92 Å². The van der Waals surface area contributed by atoms with Gasteiger partial charge in [-0.2, -0.15) is 0 Å². The highest BCUT2D eigenvalue weighted by molar-refractivity contribution is 7.91. The average molecular weight is 318 g/mol. The molecule has 0 aromatic carbocycles. The van der Waals surface area contributed by atoms with Crippen molar-refractivity contribution in [1.82, 2.24) is 10.0 Å². The molecule has 0 saturated carbocycles. The molecule has 5 nitrogen and oxygen atoms in total. The average Bonchev–Trinajstić information content (AvgIpc) is 3.05. The highest BCUT2D eigenvalue weighted by Crippen LogP contribution is 2.25. The minimum absolute atomic E-state index is 0.181. The number of hydrogen-bond donors (Lipinski definition) is 2. The van der Waals surface area contributed by atoms with E-state index in [4.69, 9.17) is 4.74 Å². The molecule has 1 aromatic rings. The minimum Gasteiger partial charge on any atom is -0.378 e. The van der Waals surface area contributed by atoms with Gasteiger partial charge in [-0.1, -0.05) is 6.92 Å². The van der Waals surface area contributed by atoms with E-state index < -0.39 is 10.0 Å². The molecule has 2 N–H and O–H groups in total. The van der Waals surface area contributed by atoms with Crippen LogP contribution in [0.25, 0.3) is 0 Å². The monoisotopic (exact) mass is 318 g/mol. The van der Waals surface area contributed by atoms with Crippen LogP contribution in [0.3, 0.4) is 0 Å². The molecular formula is C13H22N2O3S2. The molecular weight excluding hydrogens is 296 g/mol. The Morgan fingerprint density at radius 2 is 2.25 bits per heavy atom. The molecule has 2 unspecified atom stereocenters. The van der Waals surface area contributed by atoms with Gasteiger partial charge >= 0.3 is 0 Å². The molecule has 0 bridgehead atoms. The van der Waals surface area contributed by atoms with Gasteiger partial charge in [0.2, 0.25) is 10.0 Å². The van der Waals surface area contributed by atoms with Crippen LogP contribution in [0.1, 0.15) is 24.6 Å². The Labute approximate surface area is 124 Å². The Bertz CT molecular complexity index is 527. The summed E-state index contributed by atoms with van der Waals surface area (Å²) in [4.78, 5) is 1.02. The third-order valence-electron chi connectivity index (χ3n) is 3.54. The van der Waals surface area contributed by atoms with Gasteiger partial charge in [0.15, 0.2) is 0 Å². The second-order valence-corrected chi connectivity index (χ2v) is 8.13. The van der Waals surface area contributed by atoms with Crippen LogP contribution in [0.15, 0.2) is 16.3 Å². The van der Waals surface area contributed by atoms with Gasteiger partial charge in [0.05, 0.1) is 6.10 Å². The minimum atomic E-state index is -3.39. The molecule has 114 valence electrons. The largest absolute Gasteiger partial charge is 0.378 e. The van der Waals surface area contributed by atoms with E-state index in [-0.39, 0.29) is 12.0 Å². The van der Waals surface area contributed by atoms with Crippen LogP contribution >= 0.6 is 11.3 Å². The van der Waals surface area contributed by atoms with E-state index >= 15 is 0 Å². The molecule has 2 atom stereocenters. The lowest BCUT2D eigenvalue weighted by Crippen LogP contribution is -2.32. The number of hydrogen-bond acceptors (Lipinski definition) is 5. The van der Waals surface area contributed by atoms with E-state index in [1.54, 1.807) is 6.07 Å². The number of thiophene rings is 1. The smallest absolute Gasteiger partial charge is 0.250 e. The van der Waals surface area contributed by atoms with Gasteiger partial charge < -0.3 is 10.1 Å². The fraction of sp³-hybridized carbons (Fsp3) is 0.692.